The van der Waals surface area contributed by atoms with Gasteiger partial charge < -0.3 is 14.6 Å². The van der Waals surface area contributed by atoms with Crippen molar-refractivity contribution in [1.82, 2.24) is 10.5 Å². The van der Waals surface area contributed by atoms with Crippen LogP contribution in [0.15, 0.2) is 65.2 Å². The molecule has 28 heavy (non-hydrogen) atoms. The Balaban J connectivity index is 1.50. The third-order valence-electron chi connectivity index (χ3n) is 5.28. The van der Waals surface area contributed by atoms with Crippen LogP contribution >= 0.6 is 11.6 Å². The first-order chi connectivity index (χ1) is 13.7. The zero-order chi connectivity index (χ0) is 19.4. The topological polar surface area (TPSA) is 64.4 Å². The van der Waals surface area contributed by atoms with Gasteiger partial charge in [-0.3, -0.25) is 4.79 Å². The van der Waals surface area contributed by atoms with Gasteiger partial charge in [-0.1, -0.05) is 59.2 Å². The number of aromatic nitrogens is 1. The largest absolute Gasteiger partial charge is 0.381 e. The van der Waals surface area contributed by atoms with Crippen molar-refractivity contribution in [2.45, 2.75) is 18.3 Å². The molecule has 0 atom stereocenters. The molecule has 0 spiro atoms. The summed E-state index contributed by atoms with van der Waals surface area (Å²) in [4.78, 5) is 12.7. The fraction of sp³-hybridized carbons (Fsp3) is 0.273. The SMILES string of the molecule is O=C(NCC1(c2cccc(Cl)c2)CCOCC1)c1cc(-c2ccccc2)no1. The van der Waals surface area contributed by atoms with Gasteiger partial charge in [-0.2, -0.15) is 0 Å². The van der Waals surface area contributed by atoms with Crippen molar-refractivity contribution < 1.29 is 14.1 Å². The molecular formula is C22H21ClN2O3. The van der Waals surface area contributed by atoms with Crippen LogP contribution in [0.2, 0.25) is 5.02 Å². The van der Waals surface area contributed by atoms with E-state index < -0.39 is 0 Å². The van der Waals surface area contributed by atoms with E-state index in [9.17, 15) is 4.79 Å². The van der Waals surface area contributed by atoms with E-state index in [0.29, 0.717) is 30.5 Å². The minimum absolute atomic E-state index is 0.201. The predicted molar refractivity (Wildman–Crippen MR) is 107 cm³/mol. The molecule has 6 heteroatoms. The molecule has 1 aliphatic rings. The highest BCUT2D eigenvalue weighted by atomic mass is 35.5. The Labute approximate surface area is 168 Å². The van der Waals surface area contributed by atoms with Crippen LogP contribution in [0.5, 0.6) is 0 Å². The molecule has 0 bridgehead atoms. The standard InChI is InChI=1S/C22H21ClN2O3/c23-18-8-4-7-17(13-18)22(9-11-27-12-10-22)15-24-21(26)20-14-19(25-28-20)16-5-2-1-3-6-16/h1-8,13-14H,9-12,15H2,(H,24,26). The van der Waals surface area contributed by atoms with Crippen LogP contribution in [0.25, 0.3) is 11.3 Å². The lowest BCUT2D eigenvalue weighted by Gasteiger charge is -2.38. The molecule has 1 saturated heterocycles. The van der Waals surface area contributed by atoms with E-state index in [2.05, 4.69) is 16.5 Å². The number of benzene rings is 2. The van der Waals surface area contributed by atoms with Crippen molar-refractivity contribution in [2.24, 2.45) is 0 Å². The van der Waals surface area contributed by atoms with Crippen molar-refractivity contribution >= 4 is 17.5 Å². The number of hydrogen-bond acceptors (Lipinski definition) is 4. The maximum Gasteiger partial charge on any atom is 0.289 e. The summed E-state index contributed by atoms with van der Waals surface area (Å²) in [6, 6.07) is 19.1. The van der Waals surface area contributed by atoms with Gasteiger partial charge in [-0.25, -0.2) is 0 Å². The minimum atomic E-state index is -0.275. The first-order valence-corrected chi connectivity index (χ1v) is 9.68. The van der Waals surface area contributed by atoms with Gasteiger partial charge in [0.2, 0.25) is 5.76 Å². The minimum Gasteiger partial charge on any atom is -0.381 e. The third kappa shape index (κ3) is 3.96. The van der Waals surface area contributed by atoms with Crippen LogP contribution in [0.4, 0.5) is 0 Å². The van der Waals surface area contributed by atoms with E-state index in [4.69, 9.17) is 20.9 Å². The van der Waals surface area contributed by atoms with Crippen LogP contribution in [0, 0.1) is 0 Å². The molecule has 1 aliphatic heterocycles. The molecule has 4 rings (SSSR count). The molecule has 0 saturated carbocycles. The summed E-state index contributed by atoms with van der Waals surface area (Å²) in [7, 11) is 0. The lowest BCUT2D eigenvalue weighted by molar-refractivity contribution is 0.0484. The van der Waals surface area contributed by atoms with Crippen LogP contribution in [-0.4, -0.2) is 30.8 Å². The monoisotopic (exact) mass is 396 g/mol. The normalized spacial score (nSPS) is 15.9. The fourth-order valence-electron chi connectivity index (χ4n) is 3.61. The van der Waals surface area contributed by atoms with Crippen molar-refractivity contribution in [3.8, 4) is 11.3 Å². The van der Waals surface area contributed by atoms with Gasteiger partial charge in [0, 0.05) is 41.8 Å². The summed E-state index contributed by atoms with van der Waals surface area (Å²) in [6.07, 6.45) is 1.64. The highest BCUT2D eigenvalue weighted by Gasteiger charge is 2.35. The smallest absolute Gasteiger partial charge is 0.289 e. The molecule has 1 amide bonds. The van der Waals surface area contributed by atoms with Crippen LogP contribution in [0.1, 0.15) is 29.0 Å². The summed E-state index contributed by atoms with van der Waals surface area (Å²) in [5.74, 6) is -0.0743. The van der Waals surface area contributed by atoms with Crippen LogP contribution in [-0.2, 0) is 10.2 Å². The van der Waals surface area contributed by atoms with E-state index in [1.54, 1.807) is 6.07 Å². The van der Waals surface area contributed by atoms with Crippen LogP contribution in [0.3, 0.4) is 0 Å². The average Bonchev–Trinajstić information content (AvgIpc) is 3.24. The van der Waals surface area contributed by atoms with Crippen molar-refractivity contribution in [3.05, 3.63) is 77.0 Å². The summed E-state index contributed by atoms with van der Waals surface area (Å²) >= 11 is 6.20. The van der Waals surface area contributed by atoms with Gasteiger partial charge in [-0.15, -0.1) is 0 Å². The summed E-state index contributed by atoms with van der Waals surface area (Å²) in [5, 5.41) is 7.73. The molecule has 3 aromatic rings. The maximum absolute atomic E-state index is 12.7. The average molecular weight is 397 g/mol. The molecular weight excluding hydrogens is 376 g/mol. The fourth-order valence-corrected chi connectivity index (χ4v) is 3.80. The number of carbonyl (C=O) groups is 1. The number of rotatable bonds is 5. The molecule has 0 aliphatic carbocycles. The van der Waals surface area contributed by atoms with Gasteiger partial charge in [0.15, 0.2) is 0 Å². The highest BCUT2D eigenvalue weighted by Crippen LogP contribution is 2.35. The second kappa shape index (κ2) is 8.17. The molecule has 1 fully saturated rings. The van der Waals surface area contributed by atoms with Gasteiger partial charge >= 0.3 is 0 Å². The zero-order valence-corrected chi connectivity index (χ0v) is 16.1. The first-order valence-electron chi connectivity index (χ1n) is 9.30. The highest BCUT2D eigenvalue weighted by molar-refractivity contribution is 6.30. The molecule has 5 nitrogen and oxygen atoms in total. The summed E-state index contributed by atoms with van der Waals surface area (Å²) < 4.78 is 10.8. The number of ether oxygens (including phenoxy) is 1. The van der Waals surface area contributed by atoms with Crippen molar-refractivity contribution in [1.29, 1.82) is 0 Å². The number of hydrogen-bond donors (Lipinski definition) is 1. The van der Waals surface area contributed by atoms with Crippen molar-refractivity contribution in [3.63, 3.8) is 0 Å². The quantitative estimate of drug-likeness (QED) is 0.690. The molecule has 2 aromatic carbocycles. The van der Waals surface area contributed by atoms with Gasteiger partial charge in [-0.05, 0) is 30.5 Å². The van der Waals surface area contributed by atoms with Gasteiger partial charge in [0.05, 0.1) is 0 Å². The Kier molecular flexibility index (Phi) is 5.46. The predicted octanol–water partition coefficient (Wildman–Crippen LogP) is 4.47. The number of amides is 1. The van der Waals surface area contributed by atoms with E-state index in [1.807, 2.05) is 48.5 Å². The van der Waals surface area contributed by atoms with E-state index >= 15 is 0 Å². The van der Waals surface area contributed by atoms with Gasteiger partial charge in [0.25, 0.3) is 5.91 Å². The molecule has 0 radical (unpaired) electrons. The summed E-state index contributed by atoms with van der Waals surface area (Å²) in [5.41, 5.74) is 2.46. The molecule has 1 aromatic heterocycles. The number of nitrogens with zero attached hydrogens (tertiary/aromatic N) is 1. The van der Waals surface area contributed by atoms with Gasteiger partial charge in [0.1, 0.15) is 5.69 Å². The second-order valence-corrected chi connectivity index (χ2v) is 7.46. The number of nitrogens with one attached hydrogen (secondary N) is 1. The second-order valence-electron chi connectivity index (χ2n) is 7.03. The number of carbonyl (C=O) groups excluding carboxylic acids is 1. The first kappa shape index (κ1) is 18.7. The summed E-state index contributed by atoms with van der Waals surface area (Å²) in [6.45, 7) is 1.79. The van der Waals surface area contributed by atoms with E-state index in [0.717, 1.165) is 24.0 Å². The lowest BCUT2D eigenvalue weighted by atomic mass is 9.74. The lowest BCUT2D eigenvalue weighted by Crippen LogP contribution is -2.44. The third-order valence-corrected chi connectivity index (χ3v) is 5.51. The van der Waals surface area contributed by atoms with Crippen molar-refractivity contribution in [2.75, 3.05) is 19.8 Å². The molecule has 144 valence electrons. The molecule has 1 N–H and O–H groups in total. The van der Waals surface area contributed by atoms with Crippen LogP contribution < -0.4 is 5.32 Å². The Hall–Kier alpha value is -2.63. The maximum atomic E-state index is 12.7. The Bertz CT molecular complexity index is 949. The number of halogens is 1. The zero-order valence-electron chi connectivity index (χ0n) is 15.4. The van der Waals surface area contributed by atoms with E-state index in [-0.39, 0.29) is 17.1 Å². The Morgan fingerprint density at radius 2 is 1.86 bits per heavy atom. The van der Waals surface area contributed by atoms with E-state index in [1.165, 1.54) is 0 Å². The molecule has 2 heterocycles. The Morgan fingerprint density at radius 1 is 1.07 bits per heavy atom. The molecule has 0 unspecified atom stereocenters. The Morgan fingerprint density at radius 3 is 2.61 bits per heavy atom.